The molecular formula is C12H17BrN2O. The summed E-state index contributed by atoms with van der Waals surface area (Å²) in [5, 5.41) is 2.86. The van der Waals surface area contributed by atoms with Crippen molar-refractivity contribution in [3.63, 3.8) is 0 Å². The molecule has 16 heavy (non-hydrogen) atoms. The highest BCUT2D eigenvalue weighted by molar-refractivity contribution is 9.10. The predicted molar refractivity (Wildman–Crippen MR) is 71.4 cm³/mol. The molecule has 3 nitrogen and oxygen atoms in total. The van der Waals surface area contributed by atoms with Crippen LogP contribution >= 0.6 is 15.9 Å². The third kappa shape index (κ3) is 3.52. The third-order valence-corrected chi connectivity index (χ3v) is 2.81. The van der Waals surface area contributed by atoms with E-state index in [1.165, 1.54) is 0 Å². The van der Waals surface area contributed by atoms with Gasteiger partial charge in [0.25, 0.3) is 0 Å². The summed E-state index contributed by atoms with van der Waals surface area (Å²) in [6.07, 6.45) is 2.47. The van der Waals surface area contributed by atoms with Gasteiger partial charge >= 0.3 is 0 Å². The highest BCUT2D eigenvalue weighted by Gasteiger charge is 2.08. The highest BCUT2D eigenvalue weighted by Crippen LogP contribution is 2.27. The summed E-state index contributed by atoms with van der Waals surface area (Å²) in [5.41, 5.74) is 8.14. The Balaban J connectivity index is 2.77. The smallest absolute Gasteiger partial charge is 0.224 e. The fraction of sp³-hybridized carbons (Fsp3) is 0.417. The van der Waals surface area contributed by atoms with E-state index in [1.54, 1.807) is 6.07 Å². The molecule has 4 heteroatoms. The first-order valence-electron chi connectivity index (χ1n) is 5.40. The number of carbonyl (C=O) groups excluding carboxylic acids is 1. The van der Waals surface area contributed by atoms with Crippen molar-refractivity contribution < 1.29 is 4.79 Å². The first kappa shape index (κ1) is 13.0. The molecule has 3 N–H and O–H groups in total. The van der Waals surface area contributed by atoms with Crippen molar-refractivity contribution in [2.75, 3.05) is 11.1 Å². The van der Waals surface area contributed by atoms with Gasteiger partial charge in [0, 0.05) is 10.9 Å². The van der Waals surface area contributed by atoms with Crippen molar-refractivity contribution in [1.82, 2.24) is 0 Å². The number of rotatable bonds is 4. The molecule has 1 amide bonds. The lowest BCUT2D eigenvalue weighted by atomic mass is 10.1. The van der Waals surface area contributed by atoms with Gasteiger partial charge in [-0.3, -0.25) is 4.79 Å². The van der Waals surface area contributed by atoms with E-state index >= 15 is 0 Å². The maximum Gasteiger partial charge on any atom is 0.224 e. The summed E-state index contributed by atoms with van der Waals surface area (Å²) in [4.78, 5) is 11.6. The lowest BCUT2D eigenvalue weighted by Gasteiger charge is -2.11. The summed E-state index contributed by atoms with van der Waals surface area (Å²) in [6.45, 7) is 3.99. The Hall–Kier alpha value is -1.03. The summed E-state index contributed by atoms with van der Waals surface area (Å²) in [5.74, 6) is 0.0268. The molecule has 88 valence electrons. The van der Waals surface area contributed by atoms with Crippen molar-refractivity contribution in [1.29, 1.82) is 0 Å². The lowest BCUT2D eigenvalue weighted by molar-refractivity contribution is -0.116. The maximum atomic E-state index is 11.6. The van der Waals surface area contributed by atoms with Crippen molar-refractivity contribution in [3.8, 4) is 0 Å². The minimum atomic E-state index is 0.0268. The van der Waals surface area contributed by atoms with Crippen molar-refractivity contribution in [2.45, 2.75) is 33.1 Å². The molecule has 0 unspecified atom stereocenters. The quantitative estimate of drug-likeness (QED) is 0.832. The van der Waals surface area contributed by atoms with Crippen molar-refractivity contribution >= 4 is 33.2 Å². The first-order chi connectivity index (χ1) is 7.54. The summed E-state index contributed by atoms with van der Waals surface area (Å²) in [7, 11) is 0. The Morgan fingerprint density at radius 3 is 2.75 bits per heavy atom. The Kier molecular flexibility index (Phi) is 4.80. The van der Waals surface area contributed by atoms with Gasteiger partial charge in [0.1, 0.15) is 0 Å². The molecule has 0 bridgehead atoms. The molecule has 0 aliphatic heterocycles. The number of unbranched alkanes of at least 4 members (excludes halogenated alkanes) is 1. The molecule has 1 aromatic rings. The van der Waals surface area contributed by atoms with E-state index in [9.17, 15) is 4.79 Å². The van der Waals surface area contributed by atoms with E-state index in [0.717, 1.165) is 28.6 Å². The minimum absolute atomic E-state index is 0.0268. The number of benzene rings is 1. The van der Waals surface area contributed by atoms with Gasteiger partial charge in [-0.25, -0.2) is 0 Å². The highest BCUT2D eigenvalue weighted by atomic mass is 79.9. The van der Waals surface area contributed by atoms with Crippen molar-refractivity contribution in [2.24, 2.45) is 0 Å². The average molecular weight is 285 g/mol. The van der Waals surface area contributed by atoms with Crippen LogP contribution in [0.3, 0.4) is 0 Å². The van der Waals surface area contributed by atoms with Gasteiger partial charge in [0.15, 0.2) is 0 Å². The molecule has 1 rings (SSSR count). The minimum Gasteiger partial charge on any atom is -0.397 e. The second kappa shape index (κ2) is 5.89. The monoisotopic (exact) mass is 284 g/mol. The van der Waals surface area contributed by atoms with Crippen LogP contribution in [0, 0.1) is 6.92 Å². The predicted octanol–water partition coefficient (Wildman–Crippen LogP) is 3.47. The number of hydrogen-bond acceptors (Lipinski definition) is 2. The number of anilines is 2. The molecule has 0 radical (unpaired) electrons. The number of carbonyl (C=O) groups is 1. The number of nitrogen functional groups attached to an aromatic ring is 1. The summed E-state index contributed by atoms with van der Waals surface area (Å²) < 4.78 is 0.925. The first-order valence-corrected chi connectivity index (χ1v) is 6.19. The van der Waals surface area contributed by atoms with Crippen LogP contribution in [0.2, 0.25) is 0 Å². The number of halogens is 1. The van der Waals surface area contributed by atoms with Gasteiger partial charge < -0.3 is 11.1 Å². The third-order valence-electron chi connectivity index (χ3n) is 2.35. The van der Waals surface area contributed by atoms with Crippen LogP contribution in [0.1, 0.15) is 31.7 Å². The molecule has 0 saturated carbocycles. The number of hydrogen-bond donors (Lipinski definition) is 2. The Morgan fingerprint density at radius 1 is 1.50 bits per heavy atom. The fourth-order valence-electron chi connectivity index (χ4n) is 1.48. The van der Waals surface area contributed by atoms with E-state index in [4.69, 9.17) is 5.73 Å². The number of aryl methyl sites for hydroxylation is 1. The second-order valence-corrected chi connectivity index (χ2v) is 4.75. The van der Waals surface area contributed by atoms with Gasteiger partial charge in [-0.15, -0.1) is 0 Å². The normalized spacial score (nSPS) is 10.2. The number of nitrogens with two attached hydrogens (primary N) is 1. The van der Waals surface area contributed by atoms with E-state index in [1.807, 2.05) is 13.0 Å². The van der Waals surface area contributed by atoms with Gasteiger partial charge in [-0.2, -0.15) is 0 Å². The zero-order valence-electron chi connectivity index (χ0n) is 9.64. The van der Waals surface area contributed by atoms with Crippen LogP contribution in [0.5, 0.6) is 0 Å². The second-order valence-electron chi connectivity index (χ2n) is 3.84. The maximum absolute atomic E-state index is 11.6. The zero-order valence-corrected chi connectivity index (χ0v) is 11.2. The molecule has 0 saturated heterocycles. The topological polar surface area (TPSA) is 55.1 Å². The van der Waals surface area contributed by atoms with Crippen LogP contribution in [-0.4, -0.2) is 5.91 Å². The molecular weight excluding hydrogens is 268 g/mol. The standard InChI is InChI=1S/C12H17BrN2O/c1-3-4-5-11(16)15-12-8(2)6-9(13)7-10(12)14/h6-7H,3-5,14H2,1-2H3,(H,15,16). The van der Waals surface area contributed by atoms with Crippen LogP contribution in [0.25, 0.3) is 0 Å². The number of amides is 1. The van der Waals surface area contributed by atoms with E-state index in [2.05, 4.69) is 28.2 Å². The van der Waals surface area contributed by atoms with Crippen LogP contribution < -0.4 is 11.1 Å². The Labute approximate surface area is 105 Å². The van der Waals surface area contributed by atoms with Gasteiger partial charge in [-0.1, -0.05) is 29.3 Å². The molecule has 0 aliphatic carbocycles. The van der Waals surface area contributed by atoms with E-state index in [0.29, 0.717) is 12.1 Å². The number of nitrogens with one attached hydrogen (secondary N) is 1. The molecule has 0 fully saturated rings. The van der Waals surface area contributed by atoms with Crippen LogP contribution in [-0.2, 0) is 4.79 Å². The SMILES string of the molecule is CCCCC(=O)Nc1c(C)cc(Br)cc1N. The van der Waals surface area contributed by atoms with Crippen molar-refractivity contribution in [3.05, 3.63) is 22.2 Å². The van der Waals surface area contributed by atoms with Gasteiger partial charge in [-0.05, 0) is 31.0 Å². The lowest BCUT2D eigenvalue weighted by Crippen LogP contribution is -2.13. The summed E-state index contributed by atoms with van der Waals surface area (Å²) in [6, 6.07) is 3.73. The molecule has 0 heterocycles. The van der Waals surface area contributed by atoms with Crippen LogP contribution in [0.15, 0.2) is 16.6 Å². The zero-order chi connectivity index (χ0) is 12.1. The van der Waals surface area contributed by atoms with Gasteiger partial charge in [0.05, 0.1) is 11.4 Å². The Morgan fingerprint density at radius 2 is 2.19 bits per heavy atom. The molecule has 1 aromatic carbocycles. The van der Waals surface area contributed by atoms with Crippen LogP contribution in [0.4, 0.5) is 11.4 Å². The average Bonchev–Trinajstić information content (AvgIpc) is 2.20. The molecule has 0 aliphatic rings. The molecule has 0 aromatic heterocycles. The molecule has 0 atom stereocenters. The van der Waals surface area contributed by atoms with E-state index < -0.39 is 0 Å². The summed E-state index contributed by atoms with van der Waals surface area (Å²) >= 11 is 3.36. The van der Waals surface area contributed by atoms with E-state index in [-0.39, 0.29) is 5.91 Å². The molecule has 0 spiro atoms. The van der Waals surface area contributed by atoms with Gasteiger partial charge in [0.2, 0.25) is 5.91 Å². The Bertz CT molecular complexity index is 368. The largest absolute Gasteiger partial charge is 0.397 e. The fourth-order valence-corrected chi connectivity index (χ4v) is 2.07.